The van der Waals surface area contributed by atoms with Crippen molar-refractivity contribution < 1.29 is 9.90 Å². The van der Waals surface area contributed by atoms with Gasteiger partial charge in [-0.2, -0.15) is 0 Å². The summed E-state index contributed by atoms with van der Waals surface area (Å²) in [4.78, 5) is 11.0. The maximum Gasteiger partial charge on any atom is 0.312 e. The van der Waals surface area contributed by atoms with Gasteiger partial charge in [-0.1, -0.05) is 5.21 Å². The molecule has 1 atom stereocenters. The highest BCUT2D eigenvalue weighted by atomic mass is 16.4. The molecule has 1 aliphatic carbocycles. The Bertz CT molecular complexity index is 384. The van der Waals surface area contributed by atoms with Gasteiger partial charge in [0.1, 0.15) is 11.6 Å². The molecule has 1 aromatic rings. The largest absolute Gasteiger partial charge is 0.481 e. The zero-order chi connectivity index (χ0) is 11.0. The fourth-order valence-corrected chi connectivity index (χ4v) is 2.10. The number of aromatic nitrogens is 3. The summed E-state index contributed by atoms with van der Waals surface area (Å²) in [6.07, 6.45) is 2.48. The van der Waals surface area contributed by atoms with Crippen LogP contribution in [0, 0.1) is 0 Å². The molecule has 0 spiro atoms. The number of carbonyl (C=O) groups is 1. The smallest absolute Gasteiger partial charge is 0.312 e. The number of fused-ring (bicyclic) bond motifs is 1. The van der Waals surface area contributed by atoms with Gasteiger partial charge in [-0.15, -0.1) is 5.10 Å². The van der Waals surface area contributed by atoms with E-state index in [1.54, 1.807) is 0 Å². The van der Waals surface area contributed by atoms with Crippen LogP contribution in [0.5, 0.6) is 0 Å². The Morgan fingerprint density at radius 3 is 2.93 bits per heavy atom. The van der Waals surface area contributed by atoms with Gasteiger partial charge in [0, 0.05) is 6.04 Å². The Hall–Kier alpha value is -1.39. The first-order chi connectivity index (χ1) is 7.11. The van der Waals surface area contributed by atoms with Crippen LogP contribution in [0.3, 0.4) is 0 Å². The van der Waals surface area contributed by atoms with Gasteiger partial charge in [0.2, 0.25) is 0 Å². The molecule has 0 aromatic carbocycles. The first kappa shape index (κ1) is 10.1. The number of nitrogens with zero attached hydrogens (tertiary/aromatic N) is 3. The maximum absolute atomic E-state index is 11.0. The van der Waals surface area contributed by atoms with Crippen molar-refractivity contribution in [3.05, 3.63) is 11.4 Å². The Morgan fingerprint density at radius 2 is 2.33 bits per heavy atom. The van der Waals surface area contributed by atoms with Gasteiger partial charge < -0.3 is 5.11 Å². The van der Waals surface area contributed by atoms with Crippen LogP contribution in [0.2, 0.25) is 0 Å². The quantitative estimate of drug-likeness (QED) is 0.798. The molecule has 82 valence electrons. The molecule has 0 bridgehead atoms. The number of hydrogen-bond donors (Lipinski definition) is 1. The van der Waals surface area contributed by atoms with E-state index in [0.29, 0.717) is 12.1 Å². The first-order valence-electron chi connectivity index (χ1n) is 5.28. The average Bonchev–Trinajstić information content (AvgIpc) is 2.59. The van der Waals surface area contributed by atoms with E-state index in [1.807, 2.05) is 18.5 Å². The van der Waals surface area contributed by atoms with E-state index in [9.17, 15) is 4.79 Å². The van der Waals surface area contributed by atoms with E-state index < -0.39 is 11.9 Å². The lowest BCUT2D eigenvalue weighted by atomic mass is 9.90. The second-order valence-electron chi connectivity index (χ2n) is 4.24. The van der Waals surface area contributed by atoms with Gasteiger partial charge in [0.05, 0.1) is 5.69 Å². The minimum atomic E-state index is -0.785. The predicted octanol–water partition coefficient (Wildman–Crippen LogP) is 1.36. The molecule has 0 saturated heterocycles. The predicted molar refractivity (Wildman–Crippen MR) is 53.7 cm³/mol. The van der Waals surface area contributed by atoms with Crippen molar-refractivity contribution in [1.29, 1.82) is 0 Å². The molecule has 0 fully saturated rings. The Balaban J connectivity index is 2.42. The van der Waals surface area contributed by atoms with Crippen molar-refractivity contribution >= 4 is 5.97 Å². The second kappa shape index (κ2) is 3.64. The van der Waals surface area contributed by atoms with Crippen molar-refractivity contribution in [2.75, 3.05) is 0 Å². The highest BCUT2D eigenvalue weighted by molar-refractivity contribution is 5.76. The molecular weight excluding hydrogens is 194 g/mol. The lowest BCUT2D eigenvalue weighted by molar-refractivity contribution is -0.139. The molecule has 15 heavy (non-hydrogen) atoms. The zero-order valence-corrected chi connectivity index (χ0v) is 8.97. The van der Waals surface area contributed by atoms with E-state index in [4.69, 9.17) is 5.11 Å². The molecule has 0 aliphatic heterocycles. The summed E-state index contributed by atoms with van der Waals surface area (Å²) in [5.74, 6) is -1.24. The molecule has 2 rings (SSSR count). The fraction of sp³-hybridized carbons (Fsp3) is 0.700. The minimum absolute atomic E-state index is 0.244. The highest BCUT2D eigenvalue weighted by Crippen LogP contribution is 2.30. The molecular formula is C10H15N3O2. The summed E-state index contributed by atoms with van der Waals surface area (Å²) in [5.41, 5.74) is 1.67. The molecule has 5 nitrogen and oxygen atoms in total. The van der Waals surface area contributed by atoms with E-state index in [-0.39, 0.29) is 6.04 Å². The van der Waals surface area contributed by atoms with Crippen molar-refractivity contribution in [2.45, 2.75) is 45.1 Å². The van der Waals surface area contributed by atoms with Crippen LogP contribution in [0.15, 0.2) is 0 Å². The monoisotopic (exact) mass is 209 g/mol. The molecule has 0 saturated carbocycles. The minimum Gasteiger partial charge on any atom is -0.481 e. The van der Waals surface area contributed by atoms with Crippen LogP contribution >= 0.6 is 0 Å². The third-order valence-corrected chi connectivity index (χ3v) is 2.84. The van der Waals surface area contributed by atoms with Crippen LogP contribution in [-0.2, 0) is 11.2 Å². The number of carboxylic acid groups (broad SMARTS) is 1. The van der Waals surface area contributed by atoms with E-state index in [1.165, 1.54) is 0 Å². The highest BCUT2D eigenvalue weighted by Gasteiger charge is 2.31. The van der Waals surface area contributed by atoms with Crippen LogP contribution < -0.4 is 0 Å². The Labute approximate surface area is 88.1 Å². The van der Waals surface area contributed by atoms with Crippen molar-refractivity contribution in [1.82, 2.24) is 15.0 Å². The van der Waals surface area contributed by atoms with Gasteiger partial charge >= 0.3 is 5.97 Å². The third-order valence-electron chi connectivity index (χ3n) is 2.84. The molecule has 1 N–H and O–H groups in total. The number of hydrogen-bond acceptors (Lipinski definition) is 3. The summed E-state index contributed by atoms with van der Waals surface area (Å²) in [5, 5.41) is 17.1. The summed E-state index contributed by atoms with van der Waals surface area (Å²) in [6.45, 7) is 4.05. The summed E-state index contributed by atoms with van der Waals surface area (Å²) >= 11 is 0. The van der Waals surface area contributed by atoms with Gasteiger partial charge in [-0.25, -0.2) is 4.68 Å². The summed E-state index contributed by atoms with van der Waals surface area (Å²) in [6, 6.07) is 0.244. The molecule has 0 radical (unpaired) electrons. The maximum atomic E-state index is 11.0. The Morgan fingerprint density at radius 1 is 1.60 bits per heavy atom. The zero-order valence-electron chi connectivity index (χ0n) is 8.97. The summed E-state index contributed by atoms with van der Waals surface area (Å²) < 4.78 is 1.84. The molecule has 1 aromatic heterocycles. The lowest BCUT2D eigenvalue weighted by Crippen LogP contribution is -2.19. The molecule has 1 heterocycles. The molecule has 1 unspecified atom stereocenters. The second-order valence-corrected chi connectivity index (χ2v) is 4.24. The van der Waals surface area contributed by atoms with Crippen molar-refractivity contribution in [2.24, 2.45) is 0 Å². The first-order valence-corrected chi connectivity index (χ1v) is 5.28. The third kappa shape index (κ3) is 1.62. The average molecular weight is 209 g/mol. The fourth-order valence-electron chi connectivity index (χ4n) is 2.10. The Kier molecular flexibility index (Phi) is 2.46. The number of aliphatic carboxylic acids is 1. The number of rotatable bonds is 2. The van der Waals surface area contributed by atoms with Gasteiger partial charge in [-0.05, 0) is 33.1 Å². The molecule has 0 amide bonds. The SMILES string of the molecule is CC(C)n1nnc2c1CCCC2C(=O)O. The van der Waals surface area contributed by atoms with Crippen LogP contribution in [-0.4, -0.2) is 26.1 Å². The standard InChI is InChI=1S/C10H15N3O2/c1-6(2)13-8-5-3-4-7(10(14)15)9(8)11-12-13/h6-7H,3-5H2,1-2H3,(H,14,15). The van der Waals surface area contributed by atoms with Gasteiger partial charge in [0.25, 0.3) is 0 Å². The summed E-state index contributed by atoms with van der Waals surface area (Å²) in [7, 11) is 0. The normalized spacial score (nSPS) is 20.3. The number of carboxylic acids is 1. The van der Waals surface area contributed by atoms with Crippen molar-refractivity contribution in [3.8, 4) is 0 Å². The van der Waals surface area contributed by atoms with Crippen LogP contribution in [0.4, 0.5) is 0 Å². The lowest BCUT2D eigenvalue weighted by Gasteiger charge is -2.19. The van der Waals surface area contributed by atoms with E-state index in [0.717, 1.165) is 18.5 Å². The van der Waals surface area contributed by atoms with E-state index in [2.05, 4.69) is 10.3 Å². The molecule has 1 aliphatic rings. The van der Waals surface area contributed by atoms with Gasteiger partial charge in [-0.3, -0.25) is 4.79 Å². The molecule has 5 heteroatoms. The van der Waals surface area contributed by atoms with Crippen molar-refractivity contribution in [3.63, 3.8) is 0 Å². The van der Waals surface area contributed by atoms with Crippen LogP contribution in [0.1, 0.15) is 50.0 Å². The van der Waals surface area contributed by atoms with Gasteiger partial charge in [0.15, 0.2) is 0 Å². The topological polar surface area (TPSA) is 68.0 Å². The van der Waals surface area contributed by atoms with Crippen LogP contribution in [0.25, 0.3) is 0 Å². The van der Waals surface area contributed by atoms with E-state index >= 15 is 0 Å².